The van der Waals surface area contributed by atoms with Crippen molar-refractivity contribution in [3.8, 4) is 0 Å². The Balaban J connectivity index is -0.000000147. The van der Waals surface area contributed by atoms with Crippen LogP contribution in [0.15, 0.2) is 0 Å². The Morgan fingerprint density at radius 2 is 1.07 bits per heavy atom. The molecule has 0 spiro atoms. The van der Waals surface area contributed by atoms with E-state index in [4.69, 9.17) is 24.2 Å². The number of aliphatic hydroxyl groups excluding tert-OH is 2. The van der Waals surface area contributed by atoms with Gasteiger partial charge in [-0.2, -0.15) is 0 Å². The topological polar surface area (TPSA) is 137 Å². The fourth-order valence-electron chi connectivity index (χ4n) is 0. The van der Waals surface area contributed by atoms with Gasteiger partial charge >= 0.3 is 32.2 Å². The van der Waals surface area contributed by atoms with Gasteiger partial charge in [-0.25, -0.2) is 0 Å². The Hall–Kier alpha value is -0.797. The number of aliphatic hydroxyl groups is 2. The van der Waals surface area contributed by atoms with Crippen LogP contribution in [0.25, 0.3) is 0 Å². The predicted octanol–water partition coefficient (Wildman–Crippen LogP) is -3.26. The van der Waals surface area contributed by atoms with E-state index in [-0.39, 0.29) is 0 Å². The van der Waals surface area contributed by atoms with Crippen LogP contribution in [0.1, 0.15) is 13.8 Å². The van der Waals surface area contributed by atoms with E-state index >= 15 is 0 Å². The van der Waals surface area contributed by atoms with Crippen LogP contribution in [-0.4, -0.2) is 61.0 Å². The van der Waals surface area contributed by atoms with E-state index in [0.717, 1.165) is 16.5 Å². The van der Waals surface area contributed by atoms with Crippen LogP contribution < -0.4 is 0 Å². The van der Waals surface area contributed by atoms with E-state index in [1.54, 1.807) is 0 Å². The van der Waals surface area contributed by atoms with Gasteiger partial charge in [0.15, 0.2) is 0 Å². The van der Waals surface area contributed by atoms with Gasteiger partial charge in [-0.15, -0.1) is 0 Å². The maximum absolute atomic E-state index is 9.56. The zero-order valence-corrected chi connectivity index (χ0v) is 9.87. The summed E-state index contributed by atoms with van der Waals surface area (Å²) in [6, 6.07) is 0. The Morgan fingerprint density at radius 3 is 1.07 bits per heavy atom. The number of carbonyl (C=O) groups is 2. The summed E-state index contributed by atoms with van der Waals surface area (Å²) in [6.07, 6.45) is -2.24. The van der Waals surface area contributed by atoms with Crippen molar-refractivity contribution in [3.05, 3.63) is 0 Å². The van der Waals surface area contributed by atoms with Crippen LogP contribution in [0.3, 0.4) is 0 Å². The van der Waals surface area contributed by atoms with Crippen molar-refractivity contribution in [2.45, 2.75) is 26.1 Å². The monoisotopic (exact) mass is 272 g/mol. The number of rotatable bonds is 2. The van der Waals surface area contributed by atoms with Crippen LogP contribution >= 0.6 is 0 Å². The second kappa shape index (κ2) is 12.2. The molecule has 0 heterocycles. The first-order valence-electron chi connectivity index (χ1n) is 3.36. The fourth-order valence-corrected chi connectivity index (χ4v) is 0. The van der Waals surface area contributed by atoms with Gasteiger partial charge < -0.3 is 20.4 Å². The second-order valence-corrected chi connectivity index (χ2v) is 2.08. The summed E-state index contributed by atoms with van der Waals surface area (Å²) >= 11 is 0.750. The number of carbonyl (C=O) groups excluding carboxylic acids is 2. The molecule has 7 nitrogen and oxygen atoms in total. The van der Waals surface area contributed by atoms with Crippen molar-refractivity contribution in [1.82, 2.24) is 0 Å². The van der Waals surface area contributed by atoms with Gasteiger partial charge in [0, 0.05) is 9.59 Å². The van der Waals surface area contributed by atoms with Crippen LogP contribution in [0.2, 0.25) is 0 Å². The molecule has 0 aliphatic heterocycles. The Labute approximate surface area is 88.8 Å². The van der Waals surface area contributed by atoms with Crippen LogP contribution in [0.5, 0.6) is 0 Å². The van der Waals surface area contributed by atoms with Crippen molar-refractivity contribution in [1.29, 1.82) is 0 Å². The molecule has 0 saturated heterocycles. The molecule has 0 aromatic rings. The van der Waals surface area contributed by atoms with Crippen molar-refractivity contribution < 1.29 is 33.8 Å². The van der Waals surface area contributed by atoms with Gasteiger partial charge in [0.1, 0.15) is 0 Å². The van der Waals surface area contributed by atoms with Gasteiger partial charge in [0.05, 0.1) is 0 Å². The van der Waals surface area contributed by atoms with Gasteiger partial charge in [-0.1, -0.05) is 0 Å². The minimum absolute atomic E-state index is 0.750. The molecule has 8 heteroatoms. The molecule has 2 radical (unpaired) electrons. The first-order chi connectivity index (χ1) is 6.29. The Bertz CT molecular complexity index is 150. The van der Waals surface area contributed by atoms with E-state index in [9.17, 15) is 9.59 Å². The van der Waals surface area contributed by atoms with Gasteiger partial charge in [0.25, 0.3) is 0 Å². The molecule has 0 rings (SSSR count). The van der Waals surface area contributed by atoms with Crippen LogP contribution in [-0.2, 0) is 13.4 Å². The SMILES string of the molecule is CC(O)C(=O)[OH2+].CC(O)C(=O)[OH2+].[O]=[Ge]. The summed E-state index contributed by atoms with van der Waals surface area (Å²) in [5.41, 5.74) is 0. The van der Waals surface area contributed by atoms with Crippen molar-refractivity contribution in [2.24, 2.45) is 0 Å². The molecule has 14 heavy (non-hydrogen) atoms. The second-order valence-electron chi connectivity index (χ2n) is 2.08. The quantitative estimate of drug-likeness (QED) is 0.401. The van der Waals surface area contributed by atoms with Crippen LogP contribution in [0.4, 0.5) is 0 Å². The maximum atomic E-state index is 9.56. The molecule has 0 aromatic carbocycles. The molecule has 0 fully saturated rings. The summed E-state index contributed by atoms with van der Waals surface area (Å²) in [5.74, 6) is -1.87. The van der Waals surface area contributed by atoms with Gasteiger partial charge in [-0.05, 0) is 13.8 Å². The normalized spacial score (nSPS) is 12.0. The molecule has 2 atom stereocenters. The number of hydrogen-bond donors (Lipinski definition) is 2. The zero-order chi connectivity index (χ0) is 12.3. The van der Waals surface area contributed by atoms with E-state index in [2.05, 4.69) is 0 Å². The summed E-state index contributed by atoms with van der Waals surface area (Å²) in [6.45, 7) is 2.52. The standard InChI is InChI=1S/2C3H6O3.GeO/c2*1-2(4)3(5)6;1-2/h2*2,4H,1H3,(H,5,6);/p+2. The van der Waals surface area contributed by atoms with Gasteiger partial charge in [-0.3, -0.25) is 0 Å². The third kappa shape index (κ3) is 22.5. The molecule has 0 aliphatic carbocycles. The fraction of sp³-hybridized carbons (Fsp3) is 0.667. The molecule has 2 unspecified atom stereocenters. The van der Waals surface area contributed by atoms with E-state index in [1.807, 2.05) is 0 Å². The minimum atomic E-state index is -1.12. The third-order valence-electron chi connectivity index (χ3n) is 0.759. The summed E-state index contributed by atoms with van der Waals surface area (Å²) in [4.78, 5) is 19.1. The molecule has 0 saturated carbocycles. The van der Waals surface area contributed by atoms with E-state index in [1.165, 1.54) is 13.8 Å². The third-order valence-corrected chi connectivity index (χ3v) is 0.759. The van der Waals surface area contributed by atoms with E-state index < -0.39 is 24.1 Å². The average molecular weight is 271 g/mol. The van der Waals surface area contributed by atoms with Gasteiger partial charge in [0.2, 0.25) is 12.2 Å². The number of hydrogen-bond acceptors (Lipinski definition) is 5. The molecule has 0 bridgehead atoms. The first-order valence-corrected chi connectivity index (χ1v) is 4.22. The molecular weight excluding hydrogens is 257 g/mol. The average Bonchev–Trinajstić information content (AvgIpc) is 2.08. The molecule has 82 valence electrons. The Morgan fingerprint density at radius 1 is 1.00 bits per heavy atom. The van der Waals surface area contributed by atoms with Crippen molar-refractivity contribution in [2.75, 3.05) is 0 Å². The Kier molecular flexibility index (Phi) is 16.5. The molecule has 6 N–H and O–H groups in total. The summed E-state index contributed by atoms with van der Waals surface area (Å²) in [7, 11) is 0. The first kappa shape index (κ1) is 18.9. The molecule has 0 aliphatic rings. The molecular formula is C6H14GeO7+2. The summed E-state index contributed by atoms with van der Waals surface area (Å²) in [5, 5.41) is 28.5. The molecule has 0 aromatic heterocycles. The van der Waals surface area contributed by atoms with Crippen molar-refractivity contribution >= 4 is 28.4 Å². The van der Waals surface area contributed by atoms with Crippen LogP contribution in [0, 0.1) is 0 Å². The zero-order valence-electron chi connectivity index (χ0n) is 7.77. The predicted molar refractivity (Wildman–Crippen MR) is 47.0 cm³/mol. The van der Waals surface area contributed by atoms with Crippen molar-refractivity contribution in [3.63, 3.8) is 0 Å². The van der Waals surface area contributed by atoms with E-state index in [0.29, 0.717) is 0 Å². The molecule has 0 amide bonds. The summed E-state index contributed by atoms with van der Waals surface area (Å²) < 4.78 is 8.25.